The molecule has 0 spiro atoms. The summed E-state index contributed by atoms with van der Waals surface area (Å²) in [6.45, 7) is 11.3. The Balaban J connectivity index is 2.33. The van der Waals surface area contributed by atoms with Crippen molar-refractivity contribution in [2.75, 3.05) is 37.9 Å². The van der Waals surface area contributed by atoms with Crippen LogP contribution >= 0.6 is 46.7 Å². The third-order valence-corrected chi connectivity index (χ3v) is 7.14. The molecule has 0 amide bonds. The van der Waals surface area contributed by atoms with Crippen LogP contribution in [0, 0.1) is 6.92 Å². The fraction of sp³-hybridized carbons (Fsp3) is 0.652. The summed E-state index contributed by atoms with van der Waals surface area (Å²) >= 11 is 15.2. The second-order valence-electron chi connectivity index (χ2n) is 6.71. The van der Waals surface area contributed by atoms with Crippen molar-refractivity contribution < 1.29 is 14.2 Å². The van der Waals surface area contributed by atoms with Gasteiger partial charge < -0.3 is 14.2 Å². The van der Waals surface area contributed by atoms with Gasteiger partial charge in [-0.3, -0.25) is 0 Å². The number of hydrogen-bond donors (Lipinski definition) is 0. The fourth-order valence-electron chi connectivity index (χ4n) is 2.92. The molecule has 0 aliphatic heterocycles. The molecule has 0 aromatic heterocycles. The van der Waals surface area contributed by atoms with Crippen molar-refractivity contribution in [3.8, 4) is 11.5 Å². The number of halogens is 2. The quantitative estimate of drug-likeness (QED) is 0.163. The highest BCUT2D eigenvalue weighted by atomic mass is 35.5. The molecule has 0 aliphatic carbocycles. The number of ether oxygens (including phenoxy) is 3. The van der Waals surface area contributed by atoms with Gasteiger partial charge in [0.15, 0.2) is 0 Å². The van der Waals surface area contributed by atoms with Gasteiger partial charge in [0.25, 0.3) is 0 Å². The minimum Gasteiger partial charge on any atom is -0.493 e. The van der Waals surface area contributed by atoms with Crippen molar-refractivity contribution in [1.29, 1.82) is 0 Å². The number of unbranched alkanes of at least 4 members (excludes halogenated alkanes) is 2. The Kier molecular flexibility index (Phi) is 16.1. The summed E-state index contributed by atoms with van der Waals surface area (Å²) in [7, 11) is 0. The zero-order chi connectivity index (χ0) is 22.2. The summed E-state index contributed by atoms with van der Waals surface area (Å²) in [4.78, 5) is 0. The molecule has 7 heteroatoms. The van der Waals surface area contributed by atoms with E-state index in [0.717, 1.165) is 79.6 Å². The molecule has 0 saturated carbocycles. The Hall–Kier alpha value is -0.200. The first-order valence-corrected chi connectivity index (χ1v) is 13.6. The van der Waals surface area contributed by atoms with Crippen LogP contribution in [-0.2, 0) is 11.2 Å². The van der Waals surface area contributed by atoms with Crippen LogP contribution in [0.1, 0.15) is 51.2 Å². The Bertz CT molecular complexity index is 617. The lowest BCUT2D eigenvalue weighted by atomic mass is 10.1. The van der Waals surface area contributed by atoms with E-state index in [1.807, 2.05) is 35.7 Å². The highest BCUT2D eigenvalue weighted by Crippen LogP contribution is 2.30. The first-order chi connectivity index (χ1) is 14.5. The van der Waals surface area contributed by atoms with Gasteiger partial charge in [-0.15, -0.1) is 23.5 Å². The average Bonchev–Trinajstić information content (AvgIpc) is 2.70. The van der Waals surface area contributed by atoms with Crippen molar-refractivity contribution in [2.24, 2.45) is 0 Å². The van der Waals surface area contributed by atoms with Crippen LogP contribution in [0.4, 0.5) is 0 Å². The SMILES string of the molecule is CCSC(COCCCCCOc1c(C)cc(OCC=C(Cl)Cl)cc1CC)SCC. The van der Waals surface area contributed by atoms with E-state index in [4.69, 9.17) is 37.4 Å². The van der Waals surface area contributed by atoms with Crippen LogP contribution in [0.15, 0.2) is 22.7 Å². The topological polar surface area (TPSA) is 27.7 Å². The normalized spacial score (nSPS) is 11.0. The molecule has 0 N–H and O–H groups in total. The van der Waals surface area contributed by atoms with Crippen LogP contribution in [0.3, 0.4) is 0 Å². The van der Waals surface area contributed by atoms with Gasteiger partial charge in [-0.1, -0.05) is 44.0 Å². The number of benzene rings is 1. The smallest absolute Gasteiger partial charge is 0.125 e. The molecule has 30 heavy (non-hydrogen) atoms. The number of thioether (sulfide) groups is 2. The highest BCUT2D eigenvalue weighted by Gasteiger charge is 2.10. The Morgan fingerprint density at radius 3 is 2.33 bits per heavy atom. The van der Waals surface area contributed by atoms with Crippen LogP contribution in [0.2, 0.25) is 0 Å². The van der Waals surface area contributed by atoms with Crippen molar-refractivity contribution in [3.63, 3.8) is 0 Å². The van der Waals surface area contributed by atoms with Gasteiger partial charge in [-0.2, -0.15) is 0 Å². The van der Waals surface area contributed by atoms with Gasteiger partial charge in [0.05, 0.1) is 17.8 Å². The van der Waals surface area contributed by atoms with Crippen molar-refractivity contribution in [1.82, 2.24) is 0 Å². The van der Waals surface area contributed by atoms with Crippen LogP contribution in [0.5, 0.6) is 11.5 Å². The monoisotopic (exact) mass is 494 g/mol. The molecular formula is C23H36Cl2O3S2. The van der Waals surface area contributed by atoms with E-state index in [0.29, 0.717) is 11.2 Å². The number of rotatable bonds is 17. The predicted molar refractivity (Wildman–Crippen MR) is 136 cm³/mol. The van der Waals surface area contributed by atoms with E-state index >= 15 is 0 Å². The Labute approximate surface area is 201 Å². The fourth-order valence-corrected chi connectivity index (χ4v) is 5.37. The van der Waals surface area contributed by atoms with Gasteiger partial charge in [-0.05, 0) is 73.4 Å². The minimum atomic E-state index is 0.215. The first-order valence-electron chi connectivity index (χ1n) is 10.7. The first kappa shape index (κ1) is 27.8. The maximum absolute atomic E-state index is 6.11. The largest absolute Gasteiger partial charge is 0.493 e. The lowest BCUT2D eigenvalue weighted by Crippen LogP contribution is -2.10. The molecule has 0 saturated heterocycles. The van der Waals surface area contributed by atoms with Crippen LogP contribution < -0.4 is 9.47 Å². The molecule has 0 heterocycles. The molecule has 0 unspecified atom stereocenters. The number of hydrogen-bond acceptors (Lipinski definition) is 5. The molecule has 172 valence electrons. The molecule has 1 rings (SSSR count). The van der Waals surface area contributed by atoms with Gasteiger partial charge in [0.1, 0.15) is 22.6 Å². The molecule has 3 nitrogen and oxygen atoms in total. The Morgan fingerprint density at radius 2 is 1.70 bits per heavy atom. The van der Waals surface area contributed by atoms with Gasteiger partial charge in [0, 0.05) is 6.61 Å². The van der Waals surface area contributed by atoms with Gasteiger partial charge >= 0.3 is 0 Å². The van der Waals surface area contributed by atoms with Crippen molar-refractivity contribution in [2.45, 2.75) is 58.0 Å². The molecule has 1 aromatic rings. The van der Waals surface area contributed by atoms with E-state index in [9.17, 15) is 0 Å². The summed E-state index contributed by atoms with van der Waals surface area (Å²) in [5.41, 5.74) is 2.24. The van der Waals surface area contributed by atoms with Gasteiger partial charge in [0.2, 0.25) is 0 Å². The molecule has 0 bridgehead atoms. The third-order valence-electron chi connectivity index (χ3n) is 4.33. The molecular weight excluding hydrogens is 459 g/mol. The molecule has 0 fully saturated rings. The summed E-state index contributed by atoms with van der Waals surface area (Å²) in [6, 6.07) is 4.03. The zero-order valence-corrected chi connectivity index (χ0v) is 21.8. The van der Waals surface area contributed by atoms with E-state index in [1.54, 1.807) is 6.08 Å². The van der Waals surface area contributed by atoms with Crippen molar-refractivity contribution >= 4 is 46.7 Å². The summed E-state index contributed by atoms with van der Waals surface area (Å²) in [6.07, 6.45) is 5.73. The molecule has 0 radical (unpaired) electrons. The standard InChI is InChI=1S/C23H36Cl2O3S2/c1-5-19-16-20(27-14-11-21(24)25)15-18(4)23(19)28-13-10-8-9-12-26-17-22(29-6-2)30-7-3/h11,15-16,22H,5-10,12-14,17H2,1-4H3. The van der Waals surface area contributed by atoms with Crippen LogP contribution in [-0.4, -0.2) is 42.5 Å². The van der Waals surface area contributed by atoms with E-state index in [2.05, 4.69) is 27.7 Å². The third kappa shape index (κ3) is 12.0. The lowest BCUT2D eigenvalue weighted by molar-refractivity contribution is 0.140. The Morgan fingerprint density at radius 1 is 1.00 bits per heavy atom. The van der Waals surface area contributed by atoms with Gasteiger partial charge in [-0.25, -0.2) is 0 Å². The summed E-state index contributed by atoms with van der Waals surface area (Å²) < 4.78 is 18.5. The van der Waals surface area contributed by atoms with E-state index in [-0.39, 0.29) is 4.49 Å². The molecule has 0 aliphatic rings. The minimum absolute atomic E-state index is 0.215. The van der Waals surface area contributed by atoms with E-state index in [1.165, 1.54) is 0 Å². The average molecular weight is 496 g/mol. The highest BCUT2D eigenvalue weighted by molar-refractivity contribution is 8.17. The molecule has 0 atom stereocenters. The lowest BCUT2D eigenvalue weighted by Gasteiger charge is -2.16. The predicted octanol–water partition coefficient (Wildman–Crippen LogP) is 7.65. The second kappa shape index (κ2) is 17.4. The maximum atomic E-state index is 6.11. The van der Waals surface area contributed by atoms with E-state index < -0.39 is 0 Å². The van der Waals surface area contributed by atoms with Crippen LogP contribution in [0.25, 0.3) is 0 Å². The zero-order valence-electron chi connectivity index (χ0n) is 18.7. The summed E-state index contributed by atoms with van der Waals surface area (Å²) in [5.74, 6) is 4.07. The van der Waals surface area contributed by atoms with Crippen molar-refractivity contribution in [3.05, 3.63) is 33.8 Å². The summed E-state index contributed by atoms with van der Waals surface area (Å²) in [5, 5.41) is 0. The maximum Gasteiger partial charge on any atom is 0.125 e. The second-order valence-corrected chi connectivity index (χ2v) is 11.0. The number of aryl methyl sites for hydroxylation is 2. The molecule has 1 aromatic carbocycles.